The molecule has 0 amide bonds. The molecule has 9 heavy (non-hydrogen) atoms. The molecule has 0 heterocycles. The monoisotopic (exact) mass is 141 g/mol. The summed E-state index contributed by atoms with van der Waals surface area (Å²) < 4.78 is 44.9. The Hall–Kier alpha value is -0.790. The van der Waals surface area contributed by atoms with Gasteiger partial charge in [-0.3, -0.25) is 0 Å². The van der Waals surface area contributed by atoms with Crippen LogP contribution >= 0.6 is 0 Å². The molecule has 0 aromatic heterocycles. The van der Waals surface area contributed by atoms with Crippen LogP contribution in [0.3, 0.4) is 0 Å². The van der Waals surface area contributed by atoms with Crippen LogP contribution in [0.25, 0.3) is 4.85 Å². The summed E-state index contributed by atoms with van der Waals surface area (Å²) in [4.78, 5) is 2.26. The smallest absolute Gasteiger partial charge is 0.313 e. The third kappa shape index (κ3) is 2.90. The van der Waals surface area contributed by atoms with Crippen LogP contribution < -0.4 is 0 Å². The molecule has 0 fully saturated rings. The van der Waals surface area contributed by atoms with Crippen LogP contribution in [-0.4, -0.2) is 18.9 Å². The summed E-state index contributed by atoms with van der Waals surface area (Å²) in [6.07, 6.45) is -7.86. The van der Waals surface area contributed by atoms with Crippen molar-refractivity contribution in [3.63, 3.8) is 0 Å². The van der Waals surface area contributed by atoms with E-state index in [2.05, 4.69) is 4.85 Å². The maximum atomic E-state index is 11.6. The summed E-state index contributed by atoms with van der Waals surface area (Å²) in [7, 11) is 0. The van der Waals surface area contributed by atoms with Crippen LogP contribution in [-0.2, 0) is 0 Å². The first-order chi connectivity index (χ1) is 3.98. The minimum atomic E-state index is -4.87. The van der Waals surface area contributed by atoms with Crippen molar-refractivity contribution >= 4 is 0 Å². The van der Waals surface area contributed by atoms with Gasteiger partial charge in [-0.2, -0.15) is 13.2 Å². The van der Waals surface area contributed by atoms with Gasteiger partial charge in [-0.25, -0.2) is 11.0 Å². The van der Waals surface area contributed by atoms with Gasteiger partial charge >= 0.3 is 6.18 Å². The summed E-state index contributed by atoms with van der Waals surface area (Å²) in [6.45, 7) is 4.76. The summed E-state index contributed by atoms with van der Waals surface area (Å²) >= 11 is 0. The van der Waals surface area contributed by atoms with Gasteiger partial charge in [-0.15, -0.1) is 0 Å². The normalized spacial score (nSPS) is 14.6. The van der Waals surface area contributed by atoms with Crippen LogP contribution in [0.4, 0.5) is 17.6 Å². The lowest BCUT2D eigenvalue weighted by Gasteiger charge is -2.04. The molecule has 0 aromatic carbocycles. The van der Waals surface area contributed by atoms with Crippen molar-refractivity contribution in [3.05, 3.63) is 11.4 Å². The van der Waals surface area contributed by atoms with Crippen molar-refractivity contribution in [2.24, 2.45) is 0 Å². The highest BCUT2D eigenvalue weighted by atomic mass is 19.4. The lowest BCUT2D eigenvalue weighted by atomic mass is 10.4. The standard InChI is InChI=1S/C4H3F4N/c1-9-2-3(5)4(6,7)8/h3H,2H2. The molecule has 1 unspecified atom stereocenters. The fourth-order valence-electron chi connectivity index (χ4n) is 0.184. The SMILES string of the molecule is [C-]#[N+]CC(F)C(F)(F)F. The van der Waals surface area contributed by atoms with E-state index in [1.165, 1.54) is 0 Å². The number of rotatable bonds is 1. The molecule has 1 nitrogen and oxygen atoms in total. The largest absolute Gasteiger partial charge is 0.427 e. The van der Waals surface area contributed by atoms with Gasteiger partial charge in [-0.05, 0) is 0 Å². The Kier molecular flexibility index (Phi) is 2.43. The first kappa shape index (κ1) is 8.21. The van der Waals surface area contributed by atoms with Crippen molar-refractivity contribution in [3.8, 4) is 0 Å². The van der Waals surface area contributed by atoms with Gasteiger partial charge in [0.05, 0.1) is 0 Å². The summed E-state index contributed by atoms with van der Waals surface area (Å²) in [6, 6.07) is 0. The zero-order valence-electron chi connectivity index (χ0n) is 4.24. The molecule has 52 valence electrons. The van der Waals surface area contributed by atoms with Gasteiger partial charge < -0.3 is 4.85 Å². The number of nitrogens with zero attached hydrogens (tertiary/aromatic N) is 1. The number of hydrogen-bond donors (Lipinski definition) is 0. The second kappa shape index (κ2) is 2.67. The van der Waals surface area contributed by atoms with Crippen molar-refractivity contribution in [2.45, 2.75) is 12.3 Å². The van der Waals surface area contributed by atoms with Gasteiger partial charge in [0.25, 0.3) is 12.7 Å². The van der Waals surface area contributed by atoms with Gasteiger partial charge in [0.1, 0.15) is 0 Å². The maximum Gasteiger partial charge on any atom is 0.427 e. The fourth-order valence-corrected chi connectivity index (χ4v) is 0.184. The molecule has 0 spiro atoms. The van der Waals surface area contributed by atoms with E-state index in [0.29, 0.717) is 0 Å². The summed E-state index contributed by atoms with van der Waals surface area (Å²) in [5, 5.41) is 0. The molecule has 0 aliphatic rings. The second-order valence-electron chi connectivity index (χ2n) is 1.35. The van der Waals surface area contributed by atoms with Gasteiger partial charge in [0, 0.05) is 0 Å². The van der Waals surface area contributed by atoms with Crippen LogP contribution in [0.5, 0.6) is 0 Å². The van der Waals surface area contributed by atoms with E-state index < -0.39 is 18.9 Å². The molecule has 5 heteroatoms. The Morgan fingerprint density at radius 1 is 1.44 bits per heavy atom. The summed E-state index contributed by atoms with van der Waals surface area (Å²) in [5.41, 5.74) is 0. The Morgan fingerprint density at radius 2 is 1.89 bits per heavy atom. The van der Waals surface area contributed by atoms with E-state index in [0.717, 1.165) is 0 Å². The molecular formula is C4H3F4N. The molecule has 0 aromatic rings. The van der Waals surface area contributed by atoms with Crippen molar-refractivity contribution in [1.29, 1.82) is 0 Å². The van der Waals surface area contributed by atoms with E-state index in [4.69, 9.17) is 6.57 Å². The van der Waals surface area contributed by atoms with Crippen LogP contribution in [0.2, 0.25) is 0 Å². The van der Waals surface area contributed by atoms with Gasteiger partial charge in [-0.1, -0.05) is 0 Å². The van der Waals surface area contributed by atoms with E-state index in [-0.39, 0.29) is 0 Å². The Morgan fingerprint density at radius 3 is 2.00 bits per heavy atom. The molecule has 0 bridgehead atoms. The quantitative estimate of drug-likeness (QED) is 0.387. The molecule has 0 aliphatic heterocycles. The van der Waals surface area contributed by atoms with Crippen LogP contribution in [0, 0.1) is 6.57 Å². The lowest BCUT2D eigenvalue weighted by molar-refractivity contribution is -0.175. The number of halogens is 4. The zero-order valence-corrected chi connectivity index (χ0v) is 4.24. The minimum absolute atomic E-state index is 1.14. The zero-order chi connectivity index (χ0) is 7.49. The lowest BCUT2D eigenvalue weighted by Crippen LogP contribution is -2.26. The van der Waals surface area contributed by atoms with Gasteiger partial charge in [0.15, 0.2) is 0 Å². The average Bonchev–Trinajstić information content (AvgIpc) is 1.64. The fraction of sp³-hybridized carbons (Fsp3) is 0.750. The summed E-state index contributed by atoms with van der Waals surface area (Å²) in [5.74, 6) is 0. The van der Waals surface area contributed by atoms with Gasteiger partial charge in [0.2, 0.25) is 0 Å². The van der Waals surface area contributed by atoms with E-state index in [1.54, 1.807) is 0 Å². The molecule has 0 rings (SSSR count). The van der Waals surface area contributed by atoms with E-state index in [9.17, 15) is 17.6 Å². The molecular weight excluding hydrogens is 138 g/mol. The van der Waals surface area contributed by atoms with Crippen molar-refractivity contribution in [1.82, 2.24) is 0 Å². The first-order valence-electron chi connectivity index (χ1n) is 2.02. The van der Waals surface area contributed by atoms with E-state index >= 15 is 0 Å². The Balaban J connectivity index is 3.76. The number of alkyl halides is 4. The molecule has 1 atom stereocenters. The molecule has 0 aliphatic carbocycles. The van der Waals surface area contributed by atoms with Crippen LogP contribution in [0.15, 0.2) is 0 Å². The predicted octanol–water partition coefficient (Wildman–Crippen LogP) is 1.81. The molecule has 0 radical (unpaired) electrons. The third-order valence-electron chi connectivity index (χ3n) is 0.607. The second-order valence-corrected chi connectivity index (χ2v) is 1.35. The van der Waals surface area contributed by atoms with E-state index in [1.807, 2.05) is 0 Å². The molecule has 0 saturated heterocycles. The van der Waals surface area contributed by atoms with Crippen molar-refractivity contribution < 1.29 is 17.6 Å². The highest BCUT2D eigenvalue weighted by Gasteiger charge is 2.42. The average molecular weight is 141 g/mol. The molecule has 0 saturated carbocycles. The Bertz CT molecular complexity index is 122. The molecule has 0 N–H and O–H groups in total. The van der Waals surface area contributed by atoms with Crippen molar-refractivity contribution in [2.75, 3.05) is 6.54 Å². The Labute approximate surface area is 49.1 Å². The topological polar surface area (TPSA) is 4.36 Å². The first-order valence-corrected chi connectivity index (χ1v) is 2.02. The minimum Gasteiger partial charge on any atom is -0.313 e. The van der Waals surface area contributed by atoms with Crippen LogP contribution in [0.1, 0.15) is 0 Å². The highest BCUT2D eigenvalue weighted by Crippen LogP contribution is 2.22. The third-order valence-corrected chi connectivity index (χ3v) is 0.607. The predicted molar refractivity (Wildman–Crippen MR) is 22.4 cm³/mol. The highest BCUT2D eigenvalue weighted by molar-refractivity contribution is 4.74. The number of hydrogen-bond acceptors (Lipinski definition) is 0. The maximum absolute atomic E-state index is 11.6.